The molecule has 1 saturated heterocycles. The van der Waals surface area contributed by atoms with E-state index in [9.17, 15) is 0 Å². The maximum absolute atomic E-state index is 5.60. The van der Waals surface area contributed by atoms with Gasteiger partial charge in [0.1, 0.15) is 0 Å². The van der Waals surface area contributed by atoms with Crippen LogP contribution in [-0.2, 0) is 9.47 Å². The summed E-state index contributed by atoms with van der Waals surface area (Å²) in [4.78, 5) is 0. The van der Waals surface area contributed by atoms with Crippen LogP contribution in [0.15, 0.2) is 0 Å². The molecule has 1 aliphatic rings. The van der Waals surface area contributed by atoms with Gasteiger partial charge in [-0.05, 0) is 26.2 Å². The zero-order valence-corrected chi connectivity index (χ0v) is 7.83. The van der Waals surface area contributed by atoms with Gasteiger partial charge in [-0.3, -0.25) is 0 Å². The van der Waals surface area contributed by atoms with Gasteiger partial charge >= 0.3 is 0 Å². The van der Waals surface area contributed by atoms with Crippen LogP contribution in [0.1, 0.15) is 34.1 Å². The molecule has 0 aromatic rings. The topological polar surface area (TPSA) is 18.5 Å². The second-order valence-corrected chi connectivity index (χ2v) is 3.67. The lowest BCUT2D eigenvalue weighted by molar-refractivity contribution is -0.238. The summed E-state index contributed by atoms with van der Waals surface area (Å²) >= 11 is 0. The molecule has 11 heavy (non-hydrogen) atoms. The number of ether oxygens (including phenoxy) is 2. The third-order valence-corrected chi connectivity index (χ3v) is 2.10. The maximum Gasteiger partial charge on any atom is 0.155 e. The van der Waals surface area contributed by atoms with Crippen molar-refractivity contribution >= 4 is 0 Å². The highest BCUT2D eigenvalue weighted by molar-refractivity contribution is 4.70. The molecule has 0 spiro atoms. The molecule has 2 heteroatoms. The molecule has 0 saturated carbocycles. The fourth-order valence-corrected chi connectivity index (χ4v) is 1.47. The highest BCUT2D eigenvalue weighted by Gasteiger charge is 2.26. The van der Waals surface area contributed by atoms with Gasteiger partial charge in [-0.1, -0.05) is 13.8 Å². The van der Waals surface area contributed by atoms with E-state index >= 15 is 0 Å². The van der Waals surface area contributed by atoms with E-state index in [2.05, 4.69) is 20.8 Å². The minimum absolute atomic E-state index is 0.0221. The van der Waals surface area contributed by atoms with Crippen molar-refractivity contribution in [3.8, 4) is 0 Å². The monoisotopic (exact) mass is 158 g/mol. The van der Waals surface area contributed by atoms with Crippen molar-refractivity contribution in [2.24, 2.45) is 5.92 Å². The number of hydrogen-bond donors (Lipinski definition) is 0. The average Bonchev–Trinajstić information content (AvgIpc) is 1.85. The zero-order chi connectivity index (χ0) is 8.43. The lowest BCUT2D eigenvalue weighted by atomic mass is 10.0. The van der Waals surface area contributed by atoms with E-state index in [1.165, 1.54) is 0 Å². The minimum Gasteiger partial charge on any atom is -0.350 e. The van der Waals surface area contributed by atoms with Crippen molar-refractivity contribution in [2.75, 3.05) is 0 Å². The molecule has 66 valence electrons. The number of hydrogen-bond acceptors (Lipinski definition) is 2. The van der Waals surface area contributed by atoms with Gasteiger partial charge in [0.15, 0.2) is 6.29 Å². The molecule has 1 heterocycles. The lowest BCUT2D eigenvalue weighted by Crippen LogP contribution is -2.37. The van der Waals surface area contributed by atoms with Gasteiger partial charge in [0.2, 0.25) is 0 Å². The third kappa shape index (κ3) is 2.46. The van der Waals surface area contributed by atoms with Crippen LogP contribution in [0.4, 0.5) is 0 Å². The summed E-state index contributed by atoms with van der Waals surface area (Å²) in [6, 6.07) is 0. The van der Waals surface area contributed by atoms with Gasteiger partial charge in [-0.15, -0.1) is 0 Å². The highest BCUT2D eigenvalue weighted by Crippen LogP contribution is 2.22. The Morgan fingerprint density at radius 1 is 1.18 bits per heavy atom. The van der Waals surface area contributed by atoms with E-state index in [4.69, 9.17) is 9.47 Å². The van der Waals surface area contributed by atoms with Crippen LogP contribution in [0.2, 0.25) is 0 Å². The first-order valence-electron chi connectivity index (χ1n) is 4.40. The van der Waals surface area contributed by atoms with Crippen molar-refractivity contribution in [2.45, 2.75) is 52.6 Å². The molecule has 2 nitrogen and oxygen atoms in total. The lowest BCUT2D eigenvalue weighted by Gasteiger charge is -2.34. The molecule has 1 rings (SSSR count). The van der Waals surface area contributed by atoms with Gasteiger partial charge < -0.3 is 9.47 Å². The predicted octanol–water partition coefficient (Wildman–Crippen LogP) is 2.18. The van der Waals surface area contributed by atoms with Crippen molar-refractivity contribution in [3.63, 3.8) is 0 Å². The normalized spacial score (nSPS) is 39.5. The first-order valence-corrected chi connectivity index (χ1v) is 4.40. The van der Waals surface area contributed by atoms with E-state index in [1.54, 1.807) is 0 Å². The SMILES string of the molecule is CC1CC(C(C)C)OC(C)O1. The molecule has 0 aliphatic carbocycles. The quantitative estimate of drug-likeness (QED) is 0.582. The fraction of sp³-hybridized carbons (Fsp3) is 1.00. The van der Waals surface area contributed by atoms with E-state index in [0.29, 0.717) is 18.1 Å². The highest BCUT2D eigenvalue weighted by atomic mass is 16.7. The van der Waals surface area contributed by atoms with Gasteiger partial charge in [0.25, 0.3) is 0 Å². The predicted molar refractivity (Wildman–Crippen MR) is 44.3 cm³/mol. The summed E-state index contributed by atoms with van der Waals surface area (Å²) < 4.78 is 11.0. The van der Waals surface area contributed by atoms with Crippen molar-refractivity contribution in [3.05, 3.63) is 0 Å². The van der Waals surface area contributed by atoms with E-state index in [0.717, 1.165) is 6.42 Å². The maximum atomic E-state index is 5.60. The molecule has 0 radical (unpaired) electrons. The first kappa shape index (κ1) is 9.01. The van der Waals surface area contributed by atoms with Crippen molar-refractivity contribution in [1.29, 1.82) is 0 Å². The molecule has 3 unspecified atom stereocenters. The molecule has 0 aromatic heterocycles. The summed E-state index contributed by atoms with van der Waals surface area (Å²) in [7, 11) is 0. The molecule has 1 fully saturated rings. The Bertz CT molecular complexity index is 113. The molecular weight excluding hydrogens is 140 g/mol. The van der Waals surface area contributed by atoms with Crippen molar-refractivity contribution < 1.29 is 9.47 Å². The molecular formula is C9H18O2. The summed E-state index contributed by atoms with van der Waals surface area (Å²) in [5.74, 6) is 0.601. The summed E-state index contributed by atoms with van der Waals surface area (Å²) in [5, 5.41) is 0. The van der Waals surface area contributed by atoms with Crippen LogP contribution in [-0.4, -0.2) is 18.5 Å². The molecule has 0 N–H and O–H groups in total. The zero-order valence-electron chi connectivity index (χ0n) is 7.83. The Labute approximate surface area is 68.9 Å². The molecule has 1 aliphatic heterocycles. The van der Waals surface area contributed by atoms with Crippen LogP contribution in [0.3, 0.4) is 0 Å². The summed E-state index contributed by atoms with van der Waals surface area (Å²) in [6.07, 6.45) is 1.74. The van der Waals surface area contributed by atoms with E-state index in [-0.39, 0.29) is 6.29 Å². The second-order valence-electron chi connectivity index (χ2n) is 3.67. The smallest absolute Gasteiger partial charge is 0.155 e. The van der Waals surface area contributed by atoms with Gasteiger partial charge in [-0.2, -0.15) is 0 Å². The fourth-order valence-electron chi connectivity index (χ4n) is 1.47. The minimum atomic E-state index is -0.0221. The summed E-state index contributed by atoms with van der Waals surface area (Å²) in [6.45, 7) is 8.45. The second kappa shape index (κ2) is 3.55. The number of rotatable bonds is 1. The van der Waals surface area contributed by atoms with E-state index < -0.39 is 0 Å². The Morgan fingerprint density at radius 3 is 2.27 bits per heavy atom. The van der Waals surface area contributed by atoms with Gasteiger partial charge in [0, 0.05) is 0 Å². The largest absolute Gasteiger partial charge is 0.350 e. The standard InChI is InChI=1S/C9H18O2/c1-6(2)9-5-7(3)10-8(4)11-9/h6-9H,5H2,1-4H3. The van der Waals surface area contributed by atoms with Gasteiger partial charge in [0.05, 0.1) is 12.2 Å². The Balaban J connectivity index is 2.43. The molecule has 0 amide bonds. The van der Waals surface area contributed by atoms with Crippen LogP contribution in [0.5, 0.6) is 0 Å². The molecule has 0 aromatic carbocycles. The Hall–Kier alpha value is -0.0800. The summed E-state index contributed by atoms with van der Waals surface area (Å²) in [5.41, 5.74) is 0. The molecule has 0 bridgehead atoms. The first-order chi connectivity index (χ1) is 5.09. The molecule has 3 atom stereocenters. The van der Waals surface area contributed by atoms with Crippen LogP contribution in [0, 0.1) is 5.92 Å². The average molecular weight is 158 g/mol. The van der Waals surface area contributed by atoms with Crippen LogP contribution < -0.4 is 0 Å². The van der Waals surface area contributed by atoms with Crippen LogP contribution >= 0.6 is 0 Å². The Morgan fingerprint density at radius 2 is 1.82 bits per heavy atom. The van der Waals surface area contributed by atoms with Crippen molar-refractivity contribution in [1.82, 2.24) is 0 Å². The van der Waals surface area contributed by atoms with E-state index in [1.807, 2.05) is 6.92 Å². The third-order valence-electron chi connectivity index (χ3n) is 2.10. The van der Waals surface area contributed by atoms with Crippen LogP contribution in [0.25, 0.3) is 0 Å². The van der Waals surface area contributed by atoms with Gasteiger partial charge in [-0.25, -0.2) is 0 Å². The Kier molecular flexibility index (Phi) is 2.90.